The molecule has 0 bridgehead atoms. The van der Waals surface area contributed by atoms with E-state index in [0.717, 1.165) is 70.6 Å². The number of carbonyl (C=O) groups is 2. The monoisotopic (exact) mass is 667 g/mol. The van der Waals surface area contributed by atoms with Crippen LogP contribution in [0, 0.1) is 0 Å². The summed E-state index contributed by atoms with van der Waals surface area (Å²) >= 11 is 0. The maximum Gasteiger partial charge on any atom is 0.305 e. The van der Waals surface area contributed by atoms with Crippen molar-refractivity contribution in [1.29, 1.82) is 0 Å². The molecule has 0 aromatic rings. The summed E-state index contributed by atoms with van der Waals surface area (Å²) in [4.78, 5) is 23.9. The number of hydrogen-bond donors (Lipinski definition) is 1. The number of allylic oxidation sites excluding steroid dienone is 14. The number of esters is 2. The van der Waals surface area contributed by atoms with Gasteiger partial charge in [-0.2, -0.15) is 0 Å². The summed E-state index contributed by atoms with van der Waals surface area (Å²) in [6.07, 6.45) is 52.1. The standard InChI is InChI=1S/C43H70O5/c1-3-5-7-9-11-13-15-17-19-21-23-25-27-29-31-33-35-37-42(45)47-39-41(44)40-48-43(46)38-36-34-32-30-28-26-24-22-20-18-16-14-12-10-8-6-4-2/h5,7,11-14,17-20,23,25,29,31,41,44H,3-4,6,8-10,15-16,21-22,24,26-28,30,32-40H2,1-2H3/b7-5-,13-11-,14-12-,19-17-,20-18-,25-23-,31-29-/t41-/m0/s1. The third-order valence-electron chi connectivity index (χ3n) is 7.61. The maximum absolute atomic E-state index is 12.0. The number of hydrogen-bond acceptors (Lipinski definition) is 5. The maximum atomic E-state index is 12.0. The van der Waals surface area contributed by atoms with Gasteiger partial charge in [-0.25, -0.2) is 0 Å². The van der Waals surface area contributed by atoms with Crippen LogP contribution >= 0.6 is 0 Å². The summed E-state index contributed by atoms with van der Waals surface area (Å²) < 4.78 is 10.3. The Bertz CT molecular complexity index is 937. The molecule has 48 heavy (non-hydrogen) atoms. The van der Waals surface area contributed by atoms with Crippen LogP contribution in [-0.2, 0) is 19.1 Å². The van der Waals surface area contributed by atoms with Crippen LogP contribution in [0.3, 0.4) is 0 Å². The van der Waals surface area contributed by atoms with Crippen LogP contribution in [0.25, 0.3) is 0 Å². The van der Waals surface area contributed by atoms with Crippen molar-refractivity contribution < 1.29 is 24.2 Å². The quantitative estimate of drug-likeness (QED) is 0.0429. The van der Waals surface area contributed by atoms with Gasteiger partial charge in [0.25, 0.3) is 0 Å². The molecule has 5 heteroatoms. The lowest BCUT2D eigenvalue weighted by atomic mass is 10.1. The third-order valence-corrected chi connectivity index (χ3v) is 7.61. The van der Waals surface area contributed by atoms with Crippen LogP contribution < -0.4 is 0 Å². The molecule has 0 fully saturated rings. The summed E-state index contributed by atoms with van der Waals surface area (Å²) in [5.41, 5.74) is 0. The van der Waals surface area contributed by atoms with Gasteiger partial charge in [-0.05, 0) is 83.5 Å². The van der Waals surface area contributed by atoms with Crippen LogP contribution in [0.2, 0.25) is 0 Å². The third kappa shape index (κ3) is 37.5. The van der Waals surface area contributed by atoms with Gasteiger partial charge in [0.2, 0.25) is 0 Å². The summed E-state index contributed by atoms with van der Waals surface area (Å²) in [5.74, 6) is -0.648. The average molecular weight is 667 g/mol. The van der Waals surface area contributed by atoms with Crippen molar-refractivity contribution in [3.8, 4) is 0 Å². The zero-order valence-electron chi connectivity index (χ0n) is 30.7. The van der Waals surface area contributed by atoms with Crippen molar-refractivity contribution in [2.75, 3.05) is 13.2 Å². The highest BCUT2D eigenvalue weighted by molar-refractivity contribution is 5.69. The second-order valence-corrected chi connectivity index (χ2v) is 12.3. The Balaban J connectivity index is 3.58. The summed E-state index contributed by atoms with van der Waals surface area (Å²) in [6.45, 7) is 4.09. The molecule has 0 rings (SSSR count). The Hall–Kier alpha value is -2.92. The van der Waals surface area contributed by atoms with Gasteiger partial charge >= 0.3 is 11.9 Å². The molecule has 0 amide bonds. The minimum absolute atomic E-state index is 0.143. The molecular formula is C43H70O5. The molecule has 0 saturated carbocycles. The summed E-state index contributed by atoms with van der Waals surface area (Å²) in [5, 5.41) is 10.00. The van der Waals surface area contributed by atoms with E-state index in [1.807, 2.05) is 0 Å². The second kappa shape index (κ2) is 38.5. The molecule has 0 aliphatic rings. The van der Waals surface area contributed by atoms with Gasteiger partial charge in [0.05, 0.1) is 0 Å². The van der Waals surface area contributed by atoms with Gasteiger partial charge in [0.15, 0.2) is 0 Å². The molecule has 272 valence electrons. The first kappa shape index (κ1) is 45.1. The fraction of sp³-hybridized carbons (Fsp3) is 0.628. The number of unbranched alkanes of at least 4 members (excludes halogenated alkanes) is 11. The first-order valence-electron chi connectivity index (χ1n) is 19.1. The van der Waals surface area contributed by atoms with E-state index in [1.54, 1.807) is 0 Å². The van der Waals surface area contributed by atoms with E-state index in [4.69, 9.17) is 9.47 Å². The van der Waals surface area contributed by atoms with E-state index in [0.29, 0.717) is 19.3 Å². The Morgan fingerprint density at radius 3 is 1.27 bits per heavy atom. The summed E-state index contributed by atoms with van der Waals surface area (Å²) in [6, 6.07) is 0. The van der Waals surface area contributed by atoms with Gasteiger partial charge < -0.3 is 14.6 Å². The smallest absolute Gasteiger partial charge is 0.305 e. The molecule has 0 aliphatic heterocycles. The molecule has 0 radical (unpaired) electrons. The molecule has 0 saturated heterocycles. The predicted octanol–water partition coefficient (Wildman–Crippen LogP) is 11.9. The minimum Gasteiger partial charge on any atom is -0.463 e. The number of rotatable bonds is 33. The lowest BCUT2D eigenvalue weighted by Gasteiger charge is -2.12. The Morgan fingerprint density at radius 2 is 0.812 bits per heavy atom. The summed E-state index contributed by atoms with van der Waals surface area (Å²) in [7, 11) is 0. The lowest BCUT2D eigenvalue weighted by molar-refractivity contribution is -0.152. The van der Waals surface area contributed by atoms with E-state index in [-0.39, 0.29) is 25.2 Å². The molecule has 0 aromatic carbocycles. The first-order chi connectivity index (χ1) is 23.6. The van der Waals surface area contributed by atoms with Crippen molar-refractivity contribution in [3.63, 3.8) is 0 Å². The number of aliphatic hydroxyl groups is 1. The number of ether oxygens (including phenoxy) is 2. The van der Waals surface area contributed by atoms with E-state index in [9.17, 15) is 14.7 Å². The first-order valence-corrected chi connectivity index (χ1v) is 19.1. The average Bonchev–Trinajstić information content (AvgIpc) is 3.09. The molecule has 1 atom stereocenters. The van der Waals surface area contributed by atoms with Crippen LogP contribution in [0.4, 0.5) is 0 Å². The molecule has 5 nitrogen and oxygen atoms in total. The SMILES string of the molecule is CC/C=C\C/C=C\C/C=C\C/C=C\C/C=C\CCCC(=O)OC[C@H](O)COC(=O)CCCCCCCCC/C=C\C/C=C\CCCCC. The van der Waals surface area contributed by atoms with E-state index in [2.05, 4.69) is 98.9 Å². The molecule has 0 aliphatic carbocycles. The normalized spacial score (nSPS) is 13.1. The fourth-order valence-corrected chi connectivity index (χ4v) is 4.74. The zero-order chi connectivity index (χ0) is 35.0. The molecule has 0 heterocycles. The van der Waals surface area contributed by atoms with Crippen molar-refractivity contribution in [2.45, 2.75) is 161 Å². The van der Waals surface area contributed by atoms with Gasteiger partial charge in [0.1, 0.15) is 19.3 Å². The minimum atomic E-state index is -0.995. The highest BCUT2D eigenvalue weighted by atomic mass is 16.6. The second-order valence-electron chi connectivity index (χ2n) is 12.3. The van der Waals surface area contributed by atoms with Crippen LogP contribution in [0.15, 0.2) is 85.1 Å². The zero-order valence-corrected chi connectivity index (χ0v) is 30.7. The molecule has 0 unspecified atom stereocenters. The topological polar surface area (TPSA) is 72.8 Å². The highest BCUT2D eigenvalue weighted by Crippen LogP contribution is 2.11. The van der Waals surface area contributed by atoms with Gasteiger partial charge in [-0.15, -0.1) is 0 Å². The van der Waals surface area contributed by atoms with Crippen molar-refractivity contribution in [1.82, 2.24) is 0 Å². The molecular weight excluding hydrogens is 596 g/mol. The van der Waals surface area contributed by atoms with Gasteiger partial charge in [0, 0.05) is 12.8 Å². The van der Waals surface area contributed by atoms with Gasteiger partial charge in [-0.3, -0.25) is 9.59 Å². The number of aliphatic hydroxyl groups excluding tert-OH is 1. The lowest BCUT2D eigenvalue weighted by Crippen LogP contribution is -2.25. The van der Waals surface area contributed by atoms with Crippen molar-refractivity contribution in [2.24, 2.45) is 0 Å². The fourth-order valence-electron chi connectivity index (χ4n) is 4.74. The molecule has 0 aromatic heterocycles. The number of carbonyl (C=O) groups excluding carboxylic acids is 2. The predicted molar refractivity (Wildman–Crippen MR) is 205 cm³/mol. The largest absolute Gasteiger partial charge is 0.463 e. The van der Waals surface area contributed by atoms with E-state index >= 15 is 0 Å². The van der Waals surface area contributed by atoms with Crippen molar-refractivity contribution in [3.05, 3.63) is 85.1 Å². The van der Waals surface area contributed by atoms with Gasteiger partial charge in [-0.1, -0.05) is 144 Å². The van der Waals surface area contributed by atoms with Crippen LogP contribution in [-0.4, -0.2) is 36.4 Å². The van der Waals surface area contributed by atoms with Crippen LogP contribution in [0.1, 0.15) is 155 Å². The van der Waals surface area contributed by atoms with Crippen molar-refractivity contribution >= 4 is 11.9 Å². The Kier molecular flexibility index (Phi) is 36.2. The van der Waals surface area contributed by atoms with E-state index < -0.39 is 6.10 Å². The Morgan fingerprint density at radius 1 is 0.458 bits per heavy atom. The molecule has 1 N–H and O–H groups in total. The highest BCUT2D eigenvalue weighted by Gasteiger charge is 2.11. The molecule has 0 spiro atoms. The van der Waals surface area contributed by atoms with E-state index in [1.165, 1.54) is 51.4 Å². The van der Waals surface area contributed by atoms with Crippen LogP contribution in [0.5, 0.6) is 0 Å². The Labute approximate surface area is 295 Å².